The number of carbonyl (C=O) groups is 2. The zero-order valence-corrected chi connectivity index (χ0v) is 11.3. The van der Waals surface area contributed by atoms with Crippen molar-refractivity contribution in [2.75, 3.05) is 18.4 Å². The summed E-state index contributed by atoms with van der Waals surface area (Å²) < 4.78 is 0. The van der Waals surface area contributed by atoms with Gasteiger partial charge in [0.2, 0.25) is 5.91 Å². The van der Waals surface area contributed by atoms with Crippen LogP contribution in [0, 0.1) is 0 Å². The second-order valence-electron chi connectivity index (χ2n) is 4.71. The summed E-state index contributed by atoms with van der Waals surface area (Å²) in [5, 5.41) is 11.4. The fourth-order valence-corrected chi connectivity index (χ4v) is 2.17. The number of aliphatic carboxylic acids is 1. The van der Waals surface area contributed by atoms with Crippen LogP contribution in [0.15, 0.2) is 18.3 Å². The van der Waals surface area contributed by atoms with Crippen molar-refractivity contribution in [2.24, 2.45) is 0 Å². The maximum absolute atomic E-state index is 11.7. The number of carbonyl (C=O) groups excluding carboxylic acids is 1. The molecule has 6 nitrogen and oxygen atoms in total. The van der Waals surface area contributed by atoms with Crippen molar-refractivity contribution in [1.82, 2.24) is 9.88 Å². The molecular formula is C14H17N3O3. The number of anilines is 1. The van der Waals surface area contributed by atoms with E-state index in [4.69, 9.17) is 5.11 Å². The third kappa shape index (κ3) is 3.64. The minimum Gasteiger partial charge on any atom is -0.478 e. The molecule has 0 unspecified atom stereocenters. The number of carboxylic acids is 1. The fourth-order valence-electron chi connectivity index (χ4n) is 2.17. The van der Waals surface area contributed by atoms with Crippen LogP contribution in [-0.2, 0) is 16.1 Å². The van der Waals surface area contributed by atoms with E-state index >= 15 is 0 Å². The summed E-state index contributed by atoms with van der Waals surface area (Å²) in [7, 11) is 0. The Kier molecular flexibility index (Phi) is 4.47. The van der Waals surface area contributed by atoms with Crippen LogP contribution in [0.3, 0.4) is 0 Å². The van der Waals surface area contributed by atoms with Gasteiger partial charge in [-0.05, 0) is 30.7 Å². The highest BCUT2D eigenvalue weighted by Crippen LogP contribution is 2.20. The number of nitrogens with one attached hydrogen (secondary N) is 1. The summed E-state index contributed by atoms with van der Waals surface area (Å²) in [4.78, 5) is 28.5. The van der Waals surface area contributed by atoms with E-state index in [-0.39, 0.29) is 5.91 Å². The Balaban J connectivity index is 2.27. The Bertz CT molecular complexity index is 555. The number of carboxylic acid groups (broad SMARTS) is 1. The zero-order valence-electron chi connectivity index (χ0n) is 11.3. The number of fused-ring (bicyclic) bond motifs is 1. The number of rotatable bonds is 4. The van der Waals surface area contributed by atoms with Crippen LogP contribution in [-0.4, -0.2) is 40.0 Å². The third-order valence-electron chi connectivity index (χ3n) is 2.96. The zero-order chi connectivity index (χ0) is 14.5. The number of hydrogen-bond donors (Lipinski definition) is 2. The second-order valence-corrected chi connectivity index (χ2v) is 4.71. The maximum Gasteiger partial charge on any atom is 0.328 e. The van der Waals surface area contributed by atoms with Crippen LogP contribution >= 0.6 is 0 Å². The minimum atomic E-state index is -0.999. The molecule has 0 spiro atoms. The molecule has 106 valence electrons. The van der Waals surface area contributed by atoms with E-state index in [0.717, 1.165) is 24.6 Å². The topological polar surface area (TPSA) is 82.5 Å². The quantitative estimate of drug-likeness (QED) is 0.810. The molecule has 0 fully saturated rings. The van der Waals surface area contributed by atoms with Gasteiger partial charge in [0.25, 0.3) is 0 Å². The first-order chi connectivity index (χ1) is 9.58. The van der Waals surface area contributed by atoms with Gasteiger partial charge >= 0.3 is 5.97 Å². The van der Waals surface area contributed by atoms with E-state index in [1.807, 2.05) is 11.0 Å². The van der Waals surface area contributed by atoms with Crippen molar-refractivity contribution in [3.8, 4) is 0 Å². The Morgan fingerprint density at radius 1 is 1.55 bits per heavy atom. The van der Waals surface area contributed by atoms with Gasteiger partial charge in [-0.1, -0.05) is 6.92 Å². The standard InChI is InChI=1S/C14H17N3O3/c1-2-5-17-8-11-6-10(3-4-13(19)20)7-15-14(11)16-12(18)9-17/h3-4,6-7H,2,5,8-9H2,1H3,(H,19,20)(H,15,16,18)/b4-3+. The molecule has 1 aliphatic heterocycles. The Labute approximate surface area is 117 Å². The van der Waals surface area contributed by atoms with E-state index in [1.165, 1.54) is 6.08 Å². The monoisotopic (exact) mass is 275 g/mol. The molecular weight excluding hydrogens is 258 g/mol. The lowest BCUT2D eigenvalue weighted by Crippen LogP contribution is -2.30. The molecule has 0 radical (unpaired) electrons. The van der Waals surface area contributed by atoms with Crippen LogP contribution in [0.5, 0.6) is 0 Å². The third-order valence-corrected chi connectivity index (χ3v) is 2.96. The predicted molar refractivity (Wildman–Crippen MR) is 75.1 cm³/mol. The van der Waals surface area contributed by atoms with Gasteiger partial charge in [0, 0.05) is 24.4 Å². The molecule has 6 heteroatoms. The van der Waals surface area contributed by atoms with Gasteiger partial charge < -0.3 is 10.4 Å². The van der Waals surface area contributed by atoms with E-state index in [0.29, 0.717) is 24.5 Å². The Morgan fingerprint density at radius 2 is 2.35 bits per heavy atom. The van der Waals surface area contributed by atoms with Crippen LogP contribution in [0.2, 0.25) is 0 Å². The molecule has 1 amide bonds. The average Bonchev–Trinajstić information content (AvgIpc) is 2.53. The van der Waals surface area contributed by atoms with Crippen LogP contribution in [0.1, 0.15) is 24.5 Å². The van der Waals surface area contributed by atoms with E-state index in [9.17, 15) is 9.59 Å². The largest absolute Gasteiger partial charge is 0.478 e. The highest BCUT2D eigenvalue weighted by molar-refractivity contribution is 5.93. The van der Waals surface area contributed by atoms with E-state index < -0.39 is 5.97 Å². The number of nitrogens with zero attached hydrogens (tertiary/aromatic N) is 2. The number of hydrogen-bond acceptors (Lipinski definition) is 4. The van der Waals surface area contributed by atoms with Crippen molar-refractivity contribution in [2.45, 2.75) is 19.9 Å². The molecule has 1 aromatic heterocycles. The lowest BCUT2D eigenvalue weighted by atomic mass is 10.1. The highest BCUT2D eigenvalue weighted by atomic mass is 16.4. The normalized spacial score (nSPS) is 15.8. The predicted octanol–water partition coefficient (Wildman–Crippen LogP) is 1.34. The van der Waals surface area contributed by atoms with Gasteiger partial charge in [-0.25, -0.2) is 9.78 Å². The van der Waals surface area contributed by atoms with Crippen molar-refractivity contribution in [3.63, 3.8) is 0 Å². The lowest BCUT2D eigenvalue weighted by molar-refractivity contribution is -0.131. The fraction of sp³-hybridized carbons (Fsp3) is 0.357. The number of aromatic nitrogens is 1. The molecule has 0 atom stereocenters. The van der Waals surface area contributed by atoms with Gasteiger partial charge in [0.15, 0.2) is 0 Å². The van der Waals surface area contributed by atoms with Crippen LogP contribution < -0.4 is 5.32 Å². The molecule has 1 aliphatic rings. The van der Waals surface area contributed by atoms with Crippen molar-refractivity contribution >= 4 is 23.8 Å². The van der Waals surface area contributed by atoms with Gasteiger partial charge in [-0.2, -0.15) is 0 Å². The van der Waals surface area contributed by atoms with Crippen molar-refractivity contribution in [1.29, 1.82) is 0 Å². The number of pyridine rings is 1. The summed E-state index contributed by atoms with van der Waals surface area (Å²) in [6.45, 7) is 3.88. The lowest BCUT2D eigenvalue weighted by Gasteiger charge is -2.17. The first-order valence-electron chi connectivity index (χ1n) is 6.50. The van der Waals surface area contributed by atoms with Crippen LogP contribution in [0.25, 0.3) is 6.08 Å². The van der Waals surface area contributed by atoms with Crippen LogP contribution in [0.4, 0.5) is 5.82 Å². The SMILES string of the molecule is CCCN1CC(=O)Nc2ncc(/C=C/C(=O)O)cc2C1. The first-order valence-corrected chi connectivity index (χ1v) is 6.50. The maximum atomic E-state index is 11.7. The Morgan fingerprint density at radius 3 is 3.05 bits per heavy atom. The summed E-state index contributed by atoms with van der Waals surface area (Å²) in [6.07, 6.45) is 5.08. The summed E-state index contributed by atoms with van der Waals surface area (Å²) >= 11 is 0. The molecule has 2 heterocycles. The molecule has 2 N–H and O–H groups in total. The van der Waals surface area contributed by atoms with Gasteiger partial charge in [-0.3, -0.25) is 9.69 Å². The molecule has 2 rings (SSSR count). The number of amides is 1. The molecule has 0 saturated heterocycles. The van der Waals surface area contributed by atoms with Gasteiger partial charge in [0.05, 0.1) is 6.54 Å². The molecule has 1 aromatic rings. The van der Waals surface area contributed by atoms with E-state index in [1.54, 1.807) is 6.20 Å². The summed E-state index contributed by atoms with van der Waals surface area (Å²) in [6, 6.07) is 1.86. The van der Waals surface area contributed by atoms with Crippen molar-refractivity contribution in [3.05, 3.63) is 29.5 Å². The first kappa shape index (κ1) is 14.2. The molecule has 0 aliphatic carbocycles. The summed E-state index contributed by atoms with van der Waals surface area (Å²) in [5.74, 6) is -0.513. The Hall–Kier alpha value is -2.21. The molecule has 0 bridgehead atoms. The van der Waals surface area contributed by atoms with Gasteiger partial charge in [-0.15, -0.1) is 0 Å². The smallest absolute Gasteiger partial charge is 0.328 e. The van der Waals surface area contributed by atoms with Gasteiger partial charge in [0.1, 0.15) is 5.82 Å². The minimum absolute atomic E-state index is 0.0708. The molecule has 20 heavy (non-hydrogen) atoms. The molecule has 0 saturated carbocycles. The van der Waals surface area contributed by atoms with E-state index in [2.05, 4.69) is 17.2 Å². The van der Waals surface area contributed by atoms with Crippen molar-refractivity contribution < 1.29 is 14.7 Å². The molecule has 0 aromatic carbocycles. The summed E-state index contributed by atoms with van der Waals surface area (Å²) in [5.41, 5.74) is 1.61. The average molecular weight is 275 g/mol. The second kappa shape index (κ2) is 6.29. The highest BCUT2D eigenvalue weighted by Gasteiger charge is 2.19.